The van der Waals surface area contributed by atoms with Crippen molar-refractivity contribution in [2.45, 2.75) is 39.5 Å². The summed E-state index contributed by atoms with van der Waals surface area (Å²) in [4.78, 5) is 15.1. The van der Waals surface area contributed by atoms with Crippen molar-refractivity contribution in [3.05, 3.63) is 16.4 Å². The van der Waals surface area contributed by atoms with E-state index in [1.165, 1.54) is 0 Å². The number of ketones is 1. The first kappa shape index (κ1) is 16.6. The summed E-state index contributed by atoms with van der Waals surface area (Å²) in [6.07, 6.45) is 1.77. The minimum absolute atomic E-state index is 0.0494. The van der Waals surface area contributed by atoms with Crippen molar-refractivity contribution < 1.29 is 9.53 Å². The van der Waals surface area contributed by atoms with E-state index in [-0.39, 0.29) is 29.8 Å². The molecule has 0 N–H and O–H groups in total. The topological polar surface area (TPSA) is 47.4 Å². The monoisotopic (exact) mass is 357 g/mol. The number of likely N-dealkylation sites (N-methyl/N-ethyl adjacent to an activating group) is 1. The predicted molar refractivity (Wildman–Crippen MR) is 85.5 cm³/mol. The average molecular weight is 358 g/mol. The first-order valence-electron chi connectivity index (χ1n) is 7.38. The highest BCUT2D eigenvalue weighted by Crippen LogP contribution is 2.35. The Morgan fingerprint density at radius 1 is 1.38 bits per heavy atom. The van der Waals surface area contributed by atoms with Gasteiger partial charge >= 0.3 is 0 Å². The summed E-state index contributed by atoms with van der Waals surface area (Å²) in [7, 11) is 4.02. The normalized spacial score (nSPS) is 29.3. The van der Waals surface area contributed by atoms with Gasteiger partial charge in [0.1, 0.15) is 5.69 Å². The van der Waals surface area contributed by atoms with Crippen LogP contribution in [0.3, 0.4) is 0 Å². The van der Waals surface area contributed by atoms with Crippen molar-refractivity contribution in [2.24, 2.45) is 11.8 Å². The molecule has 1 aliphatic rings. The molecule has 0 saturated carbocycles. The maximum absolute atomic E-state index is 13.0. The van der Waals surface area contributed by atoms with E-state index in [1.807, 2.05) is 27.9 Å². The first-order chi connectivity index (χ1) is 9.82. The highest BCUT2D eigenvalue weighted by molar-refractivity contribution is 9.10. The average Bonchev–Trinajstić information content (AvgIpc) is 2.88. The lowest BCUT2D eigenvalue weighted by Gasteiger charge is -2.19. The molecule has 5 nitrogen and oxygen atoms in total. The number of Topliss-reactive ketones (excluding diaryl/α,β-unsaturated/α-hetero) is 1. The molecule has 4 unspecified atom stereocenters. The Labute approximate surface area is 134 Å². The lowest BCUT2D eigenvalue weighted by Crippen LogP contribution is -2.30. The minimum atomic E-state index is -0.105. The van der Waals surface area contributed by atoms with E-state index in [0.717, 1.165) is 11.0 Å². The molecule has 1 aromatic rings. The van der Waals surface area contributed by atoms with Gasteiger partial charge < -0.3 is 9.64 Å². The largest absolute Gasteiger partial charge is 0.374 e. The molecule has 1 aromatic heterocycles. The quantitative estimate of drug-likeness (QED) is 0.759. The second-order valence-electron chi connectivity index (χ2n) is 6.16. The van der Waals surface area contributed by atoms with Crippen LogP contribution in [0.5, 0.6) is 0 Å². The molecule has 0 radical (unpaired) electrons. The molecule has 1 saturated heterocycles. The molecule has 1 aliphatic heterocycles. The number of hydrogen-bond donors (Lipinski definition) is 0. The van der Waals surface area contributed by atoms with Crippen LogP contribution in [-0.4, -0.2) is 53.3 Å². The zero-order valence-electron chi connectivity index (χ0n) is 13.3. The smallest absolute Gasteiger partial charge is 0.188 e. The number of carbonyl (C=O) groups excluding carboxylic acids is 1. The maximum Gasteiger partial charge on any atom is 0.188 e. The number of ether oxygens (including phenoxy) is 1. The summed E-state index contributed by atoms with van der Waals surface area (Å²) in [5, 5.41) is 4.33. The van der Waals surface area contributed by atoms with Gasteiger partial charge in [-0.3, -0.25) is 9.48 Å². The predicted octanol–water partition coefficient (Wildman–Crippen LogP) is 2.45. The maximum atomic E-state index is 13.0. The molecule has 21 heavy (non-hydrogen) atoms. The molecule has 0 bridgehead atoms. The second-order valence-corrected chi connectivity index (χ2v) is 7.02. The number of nitrogens with zero attached hydrogens (tertiary/aromatic N) is 3. The van der Waals surface area contributed by atoms with Crippen molar-refractivity contribution in [1.29, 1.82) is 0 Å². The summed E-state index contributed by atoms with van der Waals surface area (Å²) in [6.45, 7) is 7.65. The summed E-state index contributed by atoms with van der Waals surface area (Å²) in [5.74, 6) is 0.241. The zero-order chi connectivity index (χ0) is 15.7. The van der Waals surface area contributed by atoms with E-state index in [1.54, 1.807) is 10.9 Å². The summed E-state index contributed by atoms with van der Waals surface area (Å²) >= 11 is 3.47. The summed E-state index contributed by atoms with van der Waals surface area (Å²) in [5.41, 5.74) is 0.665. The van der Waals surface area contributed by atoms with Crippen LogP contribution in [0, 0.1) is 11.8 Å². The molecule has 0 aromatic carbocycles. The van der Waals surface area contributed by atoms with Gasteiger partial charge in [-0.25, -0.2) is 0 Å². The molecule has 4 atom stereocenters. The molecule has 0 amide bonds. The minimum Gasteiger partial charge on any atom is -0.374 e. The molecular formula is C15H24BrN3O2. The van der Waals surface area contributed by atoms with Gasteiger partial charge in [0.15, 0.2) is 5.78 Å². The lowest BCUT2D eigenvalue weighted by atomic mass is 9.85. The summed E-state index contributed by atoms with van der Waals surface area (Å²) in [6, 6.07) is 0. The number of aromatic nitrogens is 2. The van der Waals surface area contributed by atoms with Crippen LogP contribution < -0.4 is 0 Å². The van der Waals surface area contributed by atoms with Gasteiger partial charge in [0.05, 0.1) is 35.3 Å². The van der Waals surface area contributed by atoms with Crippen molar-refractivity contribution in [2.75, 3.05) is 20.6 Å². The van der Waals surface area contributed by atoms with Gasteiger partial charge in [-0.05, 0) is 49.8 Å². The van der Waals surface area contributed by atoms with Crippen molar-refractivity contribution in [3.63, 3.8) is 0 Å². The van der Waals surface area contributed by atoms with Crippen molar-refractivity contribution in [1.82, 2.24) is 14.7 Å². The standard InChI is InChI=1S/C15H24BrN3O2/c1-9-10(2)21-11(3)13(9)15(20)14-12(16)8-17-19(14)7-6-18(4)5/h8-11,13H,6-7H2,1-5H3. The molecular weight excluding hydrogens is 334 g/mol. The van der Waals surface area contributed by atoms with Gasteiger partial charge in [0.2, 0.25) is 0 Å². The van der Waals surface area contributed by atoms with E-state index in [4.69, 9.17) is 4.74 Å². The van der Waals surface area contributed by atoms with Gasteiger partial charge in [-0.15, -0.1) is 0 Å². The number of rotatable bonds is 5. The second kappa shape index (κ2) is 6.58. The summed E-state index contributed by atoms with van der Waals surface area (Å²) < 4.78 is 8.38. The fourth-order valence-electron chi connectivity index (χ4n) is 2.95. The Morgan fingerprint density at radius 2 is 2.05 bits per heavy atom. The van der Waals surface area contributed by atoms with E-state index >= 15 is 0 Å². The number of halogens is 1. The zero-order valence-corrected chi connectivity index (χ0v) is 14.9. The molecule has 0 spiro atoms. The third-order valence-corrected chi connectivity index (χ3v) is 4.91. The molecule has 1 fully saturated rings. The Morgan fingerprint density at radius 3 is 2.57 bits per heavy atom. The Bertz CT molecular complexity index is 515. The Balaban J connectivity index is 2.25. The van der Waals surface area contributed by atoms with E-state index < -0.39 is 0 Å². The Kier molecular flexibility index (Phi) is 5.22. The highest BCUT2D eigenvalue weighted by atomic mass is 79.9. The molecule has 2 heterocycles. The number of hydrogen-bond acceptors (Lipinski definition) is 4. The van der Waals surface area contributed by atoms with Gasteiger partial charge in [0.25, 0.3) is 0 Å². The third-order valence-electron chi connectivity index (χ3n) is 4.33. The molecule has 118 valence electrons. The Hall–Kier alpha value is -0.720. The van der Waals surface area contributed by atoms with E-state index in [9.17, 15) is 4.79 Å². The molecule has 2 rings (SSSR count). The van der Waals surface area contributed by atoms with Crippen LogP contribution in [0.15, 0.2) is 10.7 Å². The fourth-order valence-corrected chi connectivity index (χ4v) is 3.44. The third kappa shape index (κ3) is 3.38. The van der Waals surface area contributed by atoms with Crippen molar-refractivity contribution >= 4 is 21.7 Å². The first-order valence-corrected chi connectivity index (χ1v) is 8.18. The number of carbonyl (C=O) groups is 1. The van der Waals surface area contributed by atoms with Crippen LogP contribution in [0.1, 0.15) is 31.3 Å². The van der Waals surface area contributed by atoms with Crippen LogP contribution in [0.2, 0.25) is 0 Å². The fraction of sp³-hybridized carbons (Fsp3) is 0.733. The van der Waals surface area contributed by atoms with Crippen LogP contribution >= 0.6 is 15.9 Å². The highest BCUT2D eigenvalue weighted by Gasteiger charge is 2.43. The van der Waals surface area contributed by atoms with E-state index in [0.29, 0.717) is 12.2 Å². The van der Waals surface area contributed by atoms with Crippen LogP contribution in [-0.2, 0) is 11.3 Å². The van der Waals surface area contributed by atoms with Gasteiger partial charge in [-0.1, -0.05) is 6.92 Å². The molecule has 0 aliphatic carbocycles. The van der Waals surface area contributed by atoms with Gasteiger partial charge in [-0.2, -0.15) is 5.10 Å². The lowest BCUT2D eigenvalue weighted by molar-refractivity contribution is 0.0488. The molecule has 6 heteroatoms. The van der Waals surface area contributed by atoms with Crippen molar-refractivity contribution in [3.8, 4) is 0 Å². The SMILES string of the molecule is CC1OC(C)C(C(=O)c2c(Br)cnn2CCN(C)C)C1C. The van der Waals surface area contributed by atoms with Gasteiger partial charge in [0, 0.05) is 6.54 Å². The van der Waals surface area contributed by atoms with Crippen LogP contribution in [0.25, 0.3) is 0 Å². The van der Waals surface area contributed by atoms with Crippen LogP contribution in [0.4, 0.5) is 0 Å². The van der Waals surface area contributed by atoms with E-state index in [2.05, 4.69) is 32.9 Å².